The van der Waals surface area contributed by atoms with Gasteiger partial charge in [0.05, 0.1) is 12.1 Å². The van der Waals surface area contributed by atoms with Gasteiger partial charge in [-0.3, -0.25) is 4.79 Å². The zero-order valence-corrected chi connectivity index (χ0v) is 12.3. The van der Waals surface area contributed by atoms with Crippen LogP contribution in [0.5, 0.6) is 0 Å². The van der Waals surface area contributed by atoms with Gasteiger partial charge in [-0.05, 0) is 6.42 Å². The van der Waals surface area contributed by atoms with Gasteiger partial charge < -0.3 is 10.0 Å². The van der Waals surface area contributed by atoms with Crippen LogP contribution in [0.15, 0.2) is 9.72 Å². The highest BCUT2D eigenvalue weighted by Gasteiger charge is 2.34. The Balaban J connectivity index is 2.37. The van der Waals surface area contributed by atoms with E-state index in [1.807, 2.05) is 0 Å². The van der Waals surface area contributed by atoms with Crippen molar-refractivity contribution in [2.24, 2.45) is 0 Å². The van der Waals surface area contributed by atoms with Crippen LogP contribution in [0.2, 0.25) is 0 Å². The number of rotatable bonds is 3. The Morgan fingerprint density at radius 3 is 2.80 bits per heavy atom. The van der Waals surface area contributed by atoms with Crippen LogP contribution >= 0.6 is 11.3 Å². The Labute approximate surface area is 119 Å². The molecule has 1 N–H and O–H groups in total. The quantitative estimate of drug-likeness (QED) is 0.819. The van der Waals surface area contributed by atoms with Crippen LogP contribution in [0.25, 0.3) is 0 Å². The van der Waals surface area contributed by atoms with E-state index in [0.717, 1.165) is 15.6 Å². The van der Waals surface area contributed by atoms with Gasteiger partial charge in [-0.1, -0.05) is 0 Å². The molecule has 10 heteroatoms. The fourth-order valence-corrected chi connectivity index (χ4v) is 4.55. The second-order valence-electron chi connectivity index (χ2n) is 4.30. The zero-order chi connectivity index (χ0) is 14.9. The highest BCUT2D eigenvalue weighted by atomic mass is 32.2. The van der Waals surface area contributed by atoms with Gasteiger partial charge in [0.1, 0.15) is 0 Å². The molecule has 0 saturated carbocycles. The summed E-state index contributed by atoms with van der Waals surface area (Å²) in [6, 6.07) is 0. The van der Waals surface area contributed by atoms with Gasteiger partial charge in [0.2, 0.25) is 5.91 Å². The smallest absolute Gasteiger partial charge is 0.356 e. The highest BCUT2D eigenvalue weighted by molar-refractivity contribution is 7.91. The summed E-state index contributed by atoms with van der Waals surface area (Å²) in [4.78, 5) is 27.7. The largest absolute Gasteiger partial charge is 0.476 e. The molecule has 0 aromatic carbocycles. The maximum absolute atomic E-state index is 12.4. The maximum atomic E-state index is 12.4. The first kappa shape index (κ1) is 14.9. The average molecular weight is 319 g/mol. The van der Waals surface area contributed by atoms with E-state index in [0.29, 0.717) is 13.0 Å². The Morgan fingerprint density at radius 2 is 2.15 bits per heavy atom. The van der Waals surface area contributed by atoms with Gasteiger partial charge in [-0.15, -0.1) is 11.3 Å². The van der Waals surface area contributed by atoms with E-state index in [2.05, 4.69) is 4.98 Å². The van der Waals surface area contributed by atoms with Gasteiger partial charge in [0.25, 0.3) is 10.0 Å². The summed E-state index contributed by atoms with van der Waals surface area (Å²) in [6.45, 7) is 0.366. The molecule has 0 radical (unpaired) electrons. The number of carbonyl (C=O) groups is 2. The maximum Gasteiger partial charge on any atom is 0.356 e. The molecule has 1 aliphatic heterocycles. The Kier molecular flexibility index (Phi) is 4.06. The summed E-state index contributed by atoms with van der Waals surface area (Å²) >= 11 is 0.741. The van der Waals surface area contributed by atoms with E-state index in [1.165, 1.54) is 10.4 Å². The molecule has 1 aromatic rings. The summed E-state index contributed by atoms with van der Waals surface area (Å²) in [7, 11) is -2.41. The average Bonchev–Trinajstić information content (AvgIpc) is 2.80. The van der Waals surface area contributed by atoms with Gasteiger partial charge >= 0.3 is 5.97 Å². The van der Waals surface area contributed by atoms with Crippen LogP contribution in [0.1, 0.15) is 16.9 Å². The second-order valence-corrected chi connectivity index (χ2v) is 7.29. The molecule has 1 saturated heterocycles. The van der Waals surface area contributed by atoms with Crippen LogP contribution in [0, 0.1) is 0 Å². The molecule has 2 heterocycles. The molecule has 8 nitrogen and oxygen atoms in total. The van der Waals surface area contributed by atoms with E-state index < -0.39 is 21.7 Å². The second kappa shape index (κ2) is 5.46. The predicted molar refractivity (Wildman–Crippen MR) is 70.1 cm³/mol. The van der Waals surface area contributed by atoms with Crippen molar-refractivity contribution in [1.82, 2.24) is 14.2 Å². The molecular formula is C10H13N3O5S2. The van der Waals surface area contributed by atoms with E-state index in [-0.39, 0.29) is 23.2 Å². The molecule has 1 amide bonds. The third kappa shape index (κ3) is 2.67. The number of carboxylic acids is 1. The first-order valence-corrected chi connectivity index (χ1v) is 8.07. The molecule has 0 spiro atoms. The minimum Gasteiger partial charge on any atom is -0.476 e. The lowest BCUT2D eigenvalue weighted by Crippen LogP contribution is -2.38. The number of hydrogen-bond acceptors (Lipinski definition) is 6. The fourth-order valence-electron chi connectivity index (χ4n) is 1.84. The van der Waals surface area contributed by atoms with Crippen molar-refractivity contribution in [3.05, 3.63) is 11.2 Å². The van der Waals surface area contributed by atoms with Gasteiger partial charge in [-0.2, -0.15) is 4.31 Å². The number of aromatic carboxylic acids is 1. The third-order valence-corrected chi connectivity index (χ3v) is 6.14. The van der Waals surface area contributed by atoms with E-state index >= 15 is 0 Å². The molecule has 0 atom stereocenters. The Morgan fingerprint density at radius 1 is 1.45 bits per heavy atom. The lowest BCUT2D eigenvalue weighted by Gasteiger charge is -2.18. The standard InChI is InChI=1S/C10H13N3O5S2/c1-12-3-2-4-13(5-7(12)14)20(17,18)10-8(9(15)16)11-6-19-10/h6H,2-5H2,1H3,(H,15,16). The Hall–Kier alpha value is -1.52. The first-order valence-electron chi connectivity index (χ1n) is 5.75. The summed E-state index contributed by atoms with van der Waals surface area (Å²) in [6.07, 6.45) is 0.503. The van der Waals surface area contributed by atoms with Crippen molar-refractivity contribution in [2.45, 2.75) is 10.6 Å². The van der Waals surface area contributed by atoms with Crippen molar-refractivity contribution < 1.29 is 23.1 Å². The highest BCUT2D eigenvalue weighted by Crippen LogP contribution is 2.25. The van der Waals surface area contributed by atoms with Crippen molar-refractivity contribution in [3.63, 3.8) is 0 Å². The van der Waals surface area contributed by atoms with Crippen LogP contribution in [-0.2, 0) is 14.8 Å². The number of hydrogen-bond donors (Lipinski definition) is 1. The number of sulfonamides is 1. The number of thiazole rings is 1. The van der Waals surface area contributed by atoms with Crippen molar-refractivity contribution in [3.8, 4) is 0 Å². The molecule has 0 unspecified atom stereocenters. The van der Waals surface area contributed by atoms with Crippen LogP contribution in [-0.4, -0.2) is 66.3 Å². The first-order chi connectivity index (χ1) is 9.34. The molecule has 110 valence electrons. The predicted octanol–water partition coefficient (Wildman–Crippen LogP) is -0.306. The number of carboxylic acid groups (broad SMARTS) is 1. The van der Waals surface area contributed by atoms with E-state index in [4.69, 9.17) is 5.11 Å². The van der Waals surface area contributed by atoms with Crippen LogP contribution in [0.4, 0.5) is 0 Å². The summed E-state index contributed by atoms with van der Waals surface area (Å²) in [5.74, 6) is -1.71. The van der Waals surface area contributed by atoms with Crippen LogP contribution in [0.3, 0.4) is 0 Å². The number of nitrogens with zero attached hydrogens (tertiary/aromatic N) is 3. The normalized spacial score (nSPS) is 18.1. The SMILES string of the molecule is CN1CCCN(S(=O)(=O)c2scnc2C(=O)O)CC1=O. The van der Waals surface area contributed by atoms with Gasteiger partial charge in [0.15, 0.2) is 9.90 Å². The minimum absolute atomic E-state index is 0.176. The van der Waals surface area contributed by atoms with Crippen molar-refractivity contribution in [1.29, 1.82) is 0 Å². The number of likely N-dealkylation sites (N-methyl/N-ethyl adjacent to an activating group) is 1. The van der Waals surface area contributed by atoms with E-state index in [1.54, 1.807) is 7.05 Å². The zero-order valence-electron chi connectivity index (χ0n) is 10.6. The summed E-state index contributed by atoms with van der Waals surface area (Å²) in [5.41, 5.74) is 0.669. The third-order valence-electron chi connectivity index (χ3n) is 2.95. The van der Waals surface area contributed by atoms with Crippen molar-refractivity contribution >= 4 is 33.2 Å². The molecule has 1 aliphatic rings. The minimum atomic E-state index is -4.01. The monoisotopic (exact) mass is 319 g/mol. The molecule has 0 bridgehead atoms. The van der Waals surface area contributed by atoms with Crippen LogP contribution < -0.4 is 0 Å². The molecule has 20 heavy (non-hydrogen) atoms. The summed E-state index contributed by atoms with van der Waals surface area (Å²) in [5, 5.41) is 8.95. The number of amides is 1. The lowest BCUT2D eigenvalue weighted by atomic mass is 10.4. The van der Waals surface area contributed by atoms with Gasteiger partial charge in [-0.25, -0.2) is 18.2 Å². The molecule has 1 aromatic heterocycles. The molecule has 2 rings (SSSR count). The fraction of sp³-hybridized carbons (Fsp3) is 0.500. The topological polar surface area (TPSA) is 108 Å². The van der Waals surface area contributed by atoms with Gasteiger partial charge in [0, 0.05) is 20.1 Å². The molecular weight excluding hydrogens is 306 g/mol. The molecule has 0 aliphatic carbocycles. The molecule has 1 fully saturated rings. The number of carbonyl (C=O) groups excluding carboxylic acids is 1. The lowest BCUT2D eigenvalue weighted by molar-refractivity contribution is -0.129. The summed E-state index contributed by atoms with van der Waals surface area (Å²) < 4.78 is 25.6. The van der Waals surface area contributed by atoms with Crippen molar-refractivity contribution in [2.75, 3.05) is 26.7 Å². The van der Waals surface area contributed by atoms with E-state index in [9.17, 15) is 18.0 Å². The Bertz CT molecular complexity index is 639. The number of aromatic nitrogens is 1.